The standard InChI is InChI=1S/C16H19N5O/c1-10-4-5-13(6-11(10)2)21-16-14(8-20-21)15(18-9-19-16)17-7-12(3)22/h4-6,8-9,12,22H,7H2,1-3H3,(H,17,18,19)/t12-/m0/s1. The molecule has 0 bridgehead atoms. The van der Waals surface area contributed by atoms with Crippen molar-refractivity contribution < 1.29 is 5.11 Å². The van der Waals surface area contributed by atoms with E-state index >= 15 is 0 Å². The second kappa shape index (κ2) is 5.73. The number of aliphatic hydroxyl groups is 1. The molecule has 0 saturated heterocycles. The fourth-order valence-corrected chi connectivity index (χ4v) is 2.28. The maximum absolute atomic E-state index is 9.40. The van der Waals surface area contributed by atoms with E-state index in [1.807, 2.05) is 6.07 Å². The van der Waals surface area contributed by atoms with E-state index in [9.17, 15) is 5.11 Å². The molecule has 114 valence electrons. The van der Waals surface area contributed by atoms with Crippen molar-refractivity contribution in [3.8, 4) is 5.69 Å². The Morgan fingerprint density at radius 2 is 2.05 bits per heavy atom. The number of rotatable bonds is 4. The van der Waals surface area contributed by atoms with E-state index in [0.717, 1.165) is 16.7 Å². The van der Waals surface area contributed by atoms with Gasteiger partial charge >= 0.3 is 0 Å². The third kappa shape index (κ3) is 2.65. The molecule has 3 rings (SSSR count). The highest BCUT2D eigenvalue weighted by Crippen LogP contribution is 2.22. The van der Waals surface area contributed by atoms with Crippen molar-refractivity contribution in [3.63, 3.8) is 0 Å². The topological polar surface area (TPSA) is 75.9 Å². The second-order valence-corrected chi connectivity index (χ2v) is 5.51. The van der Waals surface area contributed by atoms with E-state index in [1.165, 1.54) is 17.5 Å². The Morgan fingerprint density at radius 1 is 1.23 bits per heavy atom. The van der Waals surface area contributed by atoms with Crippen LogP contribution in [0.3, 0.4) is 0 Å². The summed E-state index contributed by atoms with van der Waals surface area (Å²) in [5, 5.41) is 17.8. The molecule has 0 spiro atoms. The van der Waals surface area contributed by atoms with Crippen LogP contribution in [0.25, 0.3) is 16.7 Å². The highest BCUT2D eigenvalue weighted by Gasteiger charge is 2.11. The molecule has 22 heavy (non-hydrogen) atoms. The van der Waals surface area contributed by atoms with Crippen LogP contribution in [-0.4, -0.2) is 37.5 Å². The quantitative estimate of drug-likeness (QED) is 0.772. The zero-order valence-electron chi connectivity index (χ0n) is 12.9. The van der Waals surface area contributed by atoms with Gasteiger partial charge in [0.25, 0.3) is 0 Å². The van der Waals surface area contributed by atoms with Gasteiger partial charge in [-0.2, -0.15) is 5.10 Å². The number of aliphatic hydroxyl groups excluding tert-OH is 1. The normalized spacial score (nSPS) is 12.5. The first kappa shape index (κ1) is 14.5. The molecule has 0 amide bonds. The van der Waals surface area contributed by atoms with Crippen LogP contribution in [0.2, 0.25) is 0 Å². The van der Waals surface area contributed by atoms with E-state index in [0.29, 0.717) is 12.4 Å². The lowest BCUT2D eigenvalue weighted by atomic mass is 10.1. The van der Waals surface area contributed by atoms with Gasteiger partial charge in [0.1, 0.15) is 12.1 Å². The SMILES string of the molecule is Cc1ccc(-n2ncc3c(NC[C@H](C)O)ncnc32)cc1C. The van der Waals surface area contributed by atoms with Gasteiger partial charge in [0, 0.05) is 6.54 Å². The number of nitrogens with zero attached hydrogens (tertiary/aromatic N) is 4. The number of fused-ring (bicyclic) bond motifs is 1. The van der Waals surface area contributed by atoms with Crippen molar-refractivity contribution in [1.29, 1.82) is 0 Å². The highest BCUT2D eigenvalue weighted by atomic mass is 16.3. The van der Waals surface area contributed by atoms with Crippen LogP contribution >= 0.6 is 0 Å². The molecule has 0 radical (unpaired) electrons. The summed E-state index contributed by atoms with van der Waals surface area (Å²) in [6, 6.07) is 6.19. The van der Waals surface area contributed by atoms with Crippen molar-refractivity contribution in [2.24, 2.45) is 0 Å². The summed E-state index contributed by atoms with van der Waals surface area (Å²) in [5.41, 5.74) is 4.17. The van der Waals surface area contributed by atoms with Crippen molar-refractivity contribution in [2.75, 3.05) is 11.9 Å². The summed E-state index contributed by atoms with van der Waals surface area (Å²) in [6.07, 6.45) is 2.81. The smallest absolute Gasteiger partial charge is 0.168 e. The molecular formula is C16H19N5O. The minimum Gasteiger partial charge on any atom is -0.392 e. The van der Waals surface area contributed by atoms with Gasteiger partial charge in [0.2, 0.25) is 0 Å². The minimum absolute atomic E-state index is 0.431. The van der Waals surface area contributed by atoms with E-state index in [4.69, 9.17) is 0 Å². The highest BCUT2D eigenvalue weighted by molar-refractivity contribution is 5.87. The van der Waals surface area contributed by atoms with Gasteiger partial charge in [-0.05, 0) is 44.0 Å². The number of aryl methyl sites for hydroxylation is 2. The maximum Gasteiger partial charge on any atom is 0.168 e. The van der Waals surface area contributed by atoms with Gasteiger partial charge in [0.15, 0.2) is 5.65 Å². The van der Waals surface area contributed by atoms with Crippen LogP contribution < -0.4 is 5.32 Å². The zero-order chi connectivity index (χ0) is 15.7. The Labute approximate surface area is 128 Å². The van der Waals surface area contributed by atoms with Gasteiger partial charge < -0.3 is 10.4 Å². The zero-order valence-corrected chi connectivity index (χ0v) is 12.9. The Morgan fingerprint density at radius 3 is 2.77 bits per heavy atom. The summed E-state index contributed by atoms with van der Waals surface area (Å²) in [4.78, 5) is 8.58. The summed E-state index contributed by atoms with van der Waals surface area (Å²) >= 11 is 0. The molecule has 0 aliphatic heterocycles. The fraction of sp³-hybridized carbons (Fsp3) is 0.312. The van der Waals surface area contributed by atoms with E-state index < -0.39 is 6.10 Å². The van der Waals surface area contributed by atoms with Gasteiger partial charge in [-0.15, -0.1) is 0 Å². The van der Waals surface area contributed by atoms with Crippen LogP contribution in [-0.2, 0) is 0 Å². The second-order valence-electron chi connectivity index (χ2n) is 5.51. The Bertz CT molecular complexity index is 809. The van der Waals surface area contributed by atoms with Crippen molar-refractivity contribution in [3.05, 3.63) is 41.9 Å². The van der Waals surface area contributed by atoms with Crippen LogP contribution in [0, 0.1) is 13.8 Å². The number of nitrogens with one attached hydrogen (secondary N) is 1. The molecule has 6 heteroatoms. The predicted molar refractivity (Wildman–Crippen MR) is 86.3 cm³/mol. The summed E-state index contributed by atoms with van der Waals surface area (Å²) in [5.74, 6) is 0.681. The lowest BCUT2D eigenvalue weighted by Gasteiger charge is -2.09. The molecule has 0 fully saturated rings. The fourth-order valence-electron chi connectivity index (χ4n) is 2.28. The molecule has 2 N–H and O–H groups in total. The molecule has 0 aliphatic carbocycles. The molecular weight excluding hydrogens is 278 g/mol. The van der Waals surface area contributed by atoms with Gasteiger partial charge in [-0.1, -0.05) is 6.07 Å². The first-order valence-corrected chi connectivity index (χ1v) is 7.24. The molecule has 3 aromatic rings. The van der Waals surface area contributed by atoms with E-state index in [1.54, 1.807) is 17.8 Å². The predicted octanol–water partition coefficient (Wildman–Crippen LogP) is 2.23. The number of benzene rings is 1. The lowest BCUT2D eigenvalue weighted by Crippen LogP contribution is -2.16. The lowest BCUT2D eigenvalue weighted by molar-refractivity contribution is 0.208. The molecule has 0 aliphatic rings. The molecule has 1 aromatic carbocycles. The summed E-state index contributed by atoms with van der Waals surface area (Å²) in [6.45, 7) is 6.32. The van der Waals surface area contributed by atoms with Crippen LogP contribution in [0.15, 0.2) is 30.7 Å². The first-order valence-electron chi connectivity index (χ1n) is 7.24. The van der Waals surface area contributed by atoms with Crippen molar-refractivity contribution in [2.45, 2.75) is 26.9 Å². The van der Waals surface area contributed by atoms with Crippen LogP contribution in [0.4, 0.5) is 5.82 Å². The average Bonchev–Trinajstić information content (AvgIpc) is 2.92. The van der Waals surface area contributed by atoms with E-state index in [2.05, 4.69) is 46.4 Å². The monoisotopic (exact) mass is 297 g/mol. The largest absolute Gasteiger partial charge is 0.392 e. The van der Waals surface area contributed by atoms with Gasteiger partial charge in [0.05, 0.1) is 23.4 Å². The van der Waals surface area contributed by atoms with Crippen LogP contribution in [0.5, 0.6) is 0 Å². The number of hydrogen-bond acceptors (Lipinski definition) is 5. The molecule has 2 heterocycles. The van der Waals surface area contributed by atoms with Crippen LogP contribution in [0.1, 0.15) is 18.1 Å². The molecule has 0 unspecified atom stereocenters. The molecule has 6 nitrogen and oxygen atoms in total. The average molecular weight is 297 g/mol. The molecule has 0 saturated carbocycles. The van der Waals surface area contributed by atoms with E-state index in [-0.39, 0.29) is 0 Å². The third-order valence-corrected chi connectivity index (χ3v) is 3.67. The van der Waals surface area contributed by atoms with Crippen molar-refractivity contribution >= 4 is 16.9 Å². The summed E-state index contributed by atoms with van der Waals surface area (Å²) in [7, 11) is 0. The number of hydrogen-bond donors (Lipinski definition) is 2. The number of anilines is 1. The summed E-state index contributed by atoms with van der Waals surface area (Å²) < 4.78 is 1.80. The Balaban J connectivity index is 2.05. The van der Waals surface area contributed by atoms with Crippen molar-refractivity contribution in [1.82, 2.24) is 19.7 Å². The first-order chi connectivity index (χ1) is 10.6. The molecule has 2 aromatic heterocycles. The van der Waals surface area contributed by atoms with Gasteiger partial charge in [-0.25, -0.2) is 14.6 Å². The third-order valence-electron chi connectivity index (χ3n) is 3.67. The molecule has 1 atom stereocenters. The minimum atomic E-state index is -0.445. The maximum atomic E-state index is 9.40. The number of aromatic nitrogens is 4. The Kier molecular flexibility index (Phi) is 3.77. The van der Waals surface area contributed by atoms with Gasteiger partial charge in [-0.3, -0.25) is 0 Å². The Hall–Kier alpha value is -2.47.